The molecule has 1 aliphatic carbocycles. The van der Waals surface area contributed by atoms with Gasteiger partial charge in [0.15, 0.2) is 29.8 Å². The second kappa shape index (κ2) is 10.2. The smallest absolute Gasteiger partial charge is 0.341 e. The lowest BCUT2D eigenvalue weighted by Crippen LogP contribution is -2.48. The first-order valence-corrected chi connectivity index (χ1v) is 13.0. The van der Waals surface area contributed by atoms with Crippen LogP contribution < -0.4 is 25.7 Å². The minimum atomic E-state index is -1.33. The van der Waals surface area contributed by atoms with Crippen LogP contribution in [0.5, 0.6) is 5.75 Å². The highest BCUT2D eigenvalue weighted by Gasteiger charge is 2.29. The van der Waals surface area contributed by atoms with E-state index in [0.29, 0.717) is 49.9 Å². The van der Waals surface area contributed by atoms with E-state index < -0.39 is 17.2 Å². The molecule has 1 saturated carbocycles. The Labute approximate surface area is 222 Å². The van der Waals surface area contributed by atoms with Gasteiger partial charge in [-0.15, -0.1) is 0 Å². The summed E-state index contributed by atoms with van der Waals surface area (Å²) in [4.78, 5) is 48.9. The maximum absolute atomic E-state index is 15.1. The molecule has 0 aromatic carbocycles. The van der Waals surface area contributed by atoms with Crippen LogP contribution in [0.3, 0.4) is 0 Å². The topological polar surface area (TPSA) is 142 Å². The van der Waals surface area contributed by atoms with Crippen molar-refractivity contribution in [3.63, 3.8) is 0 Å². The molecule has 0 bridgehead atoms. The number of pyridine rings is 3. The fourth-order valence-electron chi connectivity index (χ4n) is 4.98. The number of rotatable bonds is 8. The summed E-state index contributed by atoms with van der Waals surface area (Å²) in [6, 6.07) is 4.87. The van der Waals surface area contributed by atoms with Crippen molar-refractivity contribution in [2.45, 2.75) is 25.4 Å². The average Bonchev–Trinajstić information content (AvgIpc) is 3.77. The Bertz CT molecular complexity index is 1510. The molecule has 0 atom stereocenters. The second-order valence-corrected chi connectivity index (χ2v) is 9.97. The molecule has 2 aliphatic heterocycles. The Balaban J connectivity index is 1.06. The predicted molar refractivity (Wildman–Crippen MR) is 140 cm³/mol. The van der Waals surface area contributed by atoms with Crippen LogP contribution in [0.1, 0.15) is 34.9 Å². The molecule has 13 heteroatoms. The zero-order valence-corrected chi connectivity index (χ0v) is 21.2. The van der Waals surface area contributed by atoms with E-state index >= 15 is 4.39 Å². The third-order valence-electron chi connectivity index (χ3n) is 7.23. The molecule has 3 N–H and O–H groups in total. The number of nitrogens with zero attached hydrogens (tertiary/aromatic N) is 5. The van der Waals surface area contributed by atoms with Crippen molar-refractivity contribution < 1.29 is 23.8 Å². The van der Waals surface area contributed by atoms with Gasteiger partial charge in [-0.05, 0) is 31.0 Å². The number of amides is 1. The van der Waals surface area contributed by atoms with Crippen LogP contribution in [0.25, 0.3) is 11.0 Å². The zero-order valence-electron chi connectivity index (χ0n) is 21.2. The number of carbonyl (C=O) groups is 2. The summed E-state index contributed by atoms with van der Waals surface area (Å²) in [6.07, 6.45) is 3.07. The third-order valence-corrected chi connectivity index (χ3v) is 7.23. The number of hydrogen-bond acceptors (Lipinski definition) is 9. The Hall–Kier alpha value is -4.10. The van der Waals surface area contributed by atoms with Gasteiger partial charge in [0.2, 0.25) is 5.43 Å². The van der Waals surface area contributed by atoms with E-state index in [0.717, 1.165) is 37.7 Å². The molecule has 0 radical (unpaired) electrons. The summed E-state index contributed by atoms with van der Waals surface area (Å²) in [7, 11) is 0. The molecule has 5 heterocycles. The first-order chi connectivity index (χ1) is 18.9. The number of anilines is 2. The number of aromatic nitrogens is 3. The molecule has 3 aromatic rings. The Kier molecular flexibility index (Phi) is 6.61. The number of halogens is 1. The first-order valence-electron chi connectivity index (χ1n) is 13.0. The quantitative estimate of drug-likeness (QED) is 0.359. The molecular weight excluding hydrogens is 509 g/mol. The fourth-order valence-corrected chi connectivity index (χ4v) is 4.98. The molecule has 39 heavy (non-hydrogen) atoms. The number of carboxylic acid groups (broad SMARTS) is 1. The van der Waals surface area contributed by atoms with Crippen molar-refractivity contribution in [2.24, 2.45) is 0 Å². The van der Waals surface area contributed by atoms with Crippen LogP contribution in [0.15, 0.2) is 29.2 Å². The summed E-state index contributed by atoms with van der Waals surface area (Å²) >= 11 is 0. The van der Waals surface area contributed by atoms with Gasteiger partial charge in [-0.2, -0.15) is 0 Å². The van der Waals surface area contributed by atoms with Gasteiger partial charge in [0.05, 0.1) is 11.1 Å². The van der Waals surface area contributed by atoms with Crippen molar-refractivity contribution >= 4 is 34.5 Å². The van der Waals surface area contributed by atoms with Crippen LogP contribution in [0, 0.1) is 5.82 Å². The van der Waals surface area contributed by atoms with E-state index in [1.54, 1.807) is 10.6 Å². The van der Waals surface area contributed by atoms with E-state index in [1.165, 1.54) is 6.20 Å². The molecule has 2 fully saturated rings. The van der Waals surface area contributed by atoms with Gasteiger partial charge in [0.1, 0.15) is 11.2 Å². The molecule has 0 spiro atoms. The van der Waals surface area contributed by atoms with Crippen molar-refractivity contribution in [2.75, 3.05) is 56.1 Å². The predicted octanol–water partition coefficient (Wildman–Crippen LogP) is 1.21. The highest BCUT2D eigenvalue weighted by atomic mass is 19.1. The largest absolute Gasteiger partial charge is 0.480 e. The average molecular weight is 538 g/mol. The van der Waals surface area contributed by atoms with Crippen LogP contribution in [-0.2, 0) is 11.3 Å². The number of carbonyl (C=O) groups excluding carboxylic acids is 1. The molecule has 12 nitrogen and oxygen atoms in total. The van der Waals surface area contributed by atoms with Gasteiger partial charge in [-0.3, -0.25) is 14.5 Å². The van der Waals surface area contributed by atoms with Crippen LogP contribution >= 0.6 is 0 Å². The van der Waals surface area contributed by atoms with Crippen LogP contribution in [0.4, 0.5) is 16.0 Å². The zero-order chi connectivity index (χ0) is 27.1. The van der Waals surface area contributed by atoms with E-state index in [4.69, 9.17) is 4.74 Å². The van der Waals surface area contributed by atoms with E-state index in [2.05, 4.69) is 25.5 Å². The van der Waals surface area contributed by atoms with E-state index in [-0.39, 0.29) is 35.3 Å². The summed E-state index contributed by atoms with van der Waals surface area (Å²) in [5.41, 5.74) is 0.0434. The van der Waals surface area contributed by atoms with Gasteiger partial charge in [0, 0.05) is 58.1 Å². The molecule has 3 aliphatic rings. The maximum atomic E-state index is 15.1. The van der Waals surface area contributed by atoms with Crippen molar-refractivity contribution in [3.8, 4) is 5.75 Å². The molecule has 3 aromatic heterocycles. The van der Waals surface area contributed by atoms with Gasteiger partial charge >= 0.3 is 5.97 Å². The Morgan fingerprint density at radius 2 is 1.97 bits per heavy atom. The standard InChI is InChI=1S/C26H28FN7O5/c27-19-11-17-22(36)18(26(37)38)13-34(16-2-3-16)24(17)31-25(19)33-9-7-32(8-10-33)6-5-28-12-15-1-4-20-23(29-15)30-21(35)14-39-20/h1,4,11,13,16,28H,2-3,5-10,12,14H2,(H,37,38)(H,29,30,35). The van der Waals surface area contributed by atoms with E-state index in [1.807, 2.05) is 11.0 Å². The Morgan fingerprint density at radius 1 is 1.18 bits per heavy atom. The normalized spacial score (nSPS) is 17.6. The van der Waals surface area contributed by atoms with Gasteiger partial charge in [-0.25, -0.2) is 19.2 Å². The molecular formula is C26H28FN7O5. The number of carboxylic acids is 1. The lowest BCUT2D eigenvalue weighted by Gasteiger charge is -2.35. The van der Waals surface area contributed by atoms with Crippen LogP contribution in [0.2, 0.25) is 0 Å². The molecule has 6 rings (SSSR count). The minimum absolute atomic E-state index is 0.00171. The van der Waals surface area contributed by atoms with Crippen molar-refractivity contribution in [1.29, 1.82) is 0 Å². The number of ether oxygens (including phenoxy) is 1. The monoisotopic (exact) mass is 537 g/mol. The number of aromatic carboxylic acids is 1. The minimum Gasteiger partial charge on any atom is -0.480 e. The SMILES string of the molecule is O=C1COc2ccc(CNCCN3CCN(c4nc5c(cc4F)c(=O)c(C(=O)O)cn5C4CC4)CC3)nc2N1. The maximum Gasteiger partial charge on any atom is 0.341 e. The van der Waals surface area contributed by atoms with Gasteiger partial charge in [-0.1, -0.05) is 0 Å². The van der Waals surface area contributed by atoms with Gasteiger partial charge < -0.3 is 29.9 Å². The third kappa shape index (κ3) is 5.14. The van der Waals surface area contributed by atoms with Crippen LogP contribution in [-0.4, -0.2) is 82.3 Å². The highest BCUT2D eigenvalue weighted by Crippen LogP contribution is 2.37. The molecule has 1 saturated heterocycles. The second-order valence-electron chi connectivity index (χ2n) is 9.97. The number of piperazine rings is 1. The number of hydrogen-bond donors (Lipinski definition) is 3. The highest BCUT2D eigenvalue weighted by molar-refractivity contribution is 5.94. The Morgan fingerprint density at radius 3 is 2.72 bits per heavy atom. The van der Waals surface area contributed by atoms with Crippen molar-refractivity contribution in [3.05, 3.63) is 51.7 Å². The summed E-state index contributed by atoms with van der Waals surface area (Å²) < 4.78 is 22.2. The summed E-state index contributed by atoms with van der Waals surface area (Å²) in [5, 5.41) is 15.5. The lowest BCUT2D eigenvalue weighted by molar-refractivity contribution is -0.118. The fraction of sp³-hybridized carbons (Fsp3) is 0.423. The first kappa shape index (κ1) is 25.2. The molecule has 0 unspecified atom stereocenters. The summed E-state index contributed by atoms with van der Waals surface area (Å²) in [6.45, 7) is 4.64. The molecule has 204 valence electrons. The van der Waals surface area contributed by atoms with Crippen molar-refractivity contribution in [1.82, 2.24) is 24.8 Å². The summed E-state index contributed by atoms with van der Waals surface area (Å²) in [5.74, 6) is -0.983. The molecule has 1 amide bonds. The van der Waals surface area contributed by atoms with Gasteiger partial charge in [0.25, 0.3) is 5.91 Å². The number of nitrogens with one attached hydrogen (secondary N) is 2. The lowest BCUT2D eigenvalue weighted by atomic mass is 10.1. The van der Waals surface area contributed by atoms with E-state index in [9.17, 15) is 19.5 Å². The number of fused-ring (bicyclic) bond motifs is 2.